The molecule has 2 heterocycles. The zero-order valence-corrected chi connectivity index (χ0v) is 12.4. The number of nitrogens with one attached hydrogen (secondary N) is 1. The monoisotopic (exact) mass is 297 g/mol. The molecule has 1 aromatic carbocycles. The third-order valence-corrected chi connectivity index (χ3v) is 3.73. The van der Waals surface area contributed by atoms with Gasteiger partial charge in [-0.1, -0.05) is 18.2 Å². The number of thiazole rings is 1. The Morgan fingerprint density at radius 2 is 2.38 bits per heavy atom. The highest BCUT2D eigenvalue weighted by molar-refractivity contribution is 7.13. The first-order valence-electron chi connectivity index (χ1n) is 6.55. The van der Waals surface area contributed by atoms with E-state index < -0.39 is 0 Å². The second-order valence-corrected chi connectivity index (χ2v) is 5.50. The van der Waals surface area contributed by atoms with E-state index in [2.05, 4.69) is 32.6 Å². The average molecular weight is 297 g/mol. The molecule has 0 aliphatic rings. The van der Waals surface area contributed by atoms with Gasteiger partial charge < -0.3 is 4.57 Å². The number of hydrogen-bond acceptors (Lipinski definition) is 5. The van der Waals surface area contributed by atoms with Crippen molar-refractivity contribution in [2.75, 3.05) is 5.43 Å². The summed E-state index contributed by atoms with van der Waals surface area (Å²) in [5.41, 5.74) is 6.20. The van der Waals surface area contributed by atoms with E-state index in [1.54, 1.807) is 23.7 Å². The van der Waals surface area contributed by atoms with Crippen LogP contribution in [0.15, 0.2) is 53.5 Å². The number of rotatable bonds is 5. The van der Waals surface area contributed by atoms with E-state index in [9.17, 15) is 0 Å². The highest BCUT2D eigenvalue weighted by Crippen LogP contribution is 2.14. The number of nitrogens with zero attached hydrogens (tertiary/aromatic N) is 4. The second-order valence-electron chi connectivity index (χ2n) is 4.64. The van der Waals surface area contributed by atoms with Gasteiger partial charge in [0.05, 0.1) is 18.2 Å². The summed E-state index contributed by atoms with van der Waals surface area (Å²) in [6, 6.07) is 8.25. The summed E-state index contributed by atoms with van der Waals surface area (Å²) in [5, 5.41) is 7.01. The molecule has 0 spiro atoms. The van der Waals surface area contributed by atoms with E-state index in [-0.39, 0.29) is 0 Å². The van der Waals surface area contributed by atoms with Crippen molar-refractivity contribution >= 4 is 22.7 Å². The van der Waals surface area contributed by atoms with Crippen LogP contribution in [-0.2, 0) is 6.54 Å². The molecule has 21 heavy (non-hydrogen) atoms. The molecule has 3 rings (SSSR count). The Balaban J connectivity index is 1.65. The first-order chi connectivity index (χ1) is 10.3. The van der Waals surface area contributed by atoms with Crippen molar-refractivity contribution in [1.82, 2.24) is 14.5 Å². The fourth-order valence-corrected chi connectivity index (χ4v) is 2.57. The summed E-state index contributed by atoms with van der Waals surface area (Å²) in [6.45, 7) is 2.77. The molecule has 2 aromatic heterocycles. The summed E-state index contributed by atoms with van der Waals surface area (Å²) >= 11 is 1.54. The summed E-state index contributed by atoms with van der Waals surface area (Å²) in [7, 11) is 0. The van der Waals surface area contributed by atoms with E-state index in [0.29, 0.717) is 0 Å². The van der Waals surface area contributed by atoms with Crippen LogP contribution in [0.2, 0.25) is 0 Å². The van der Waals surface area contributed by atoms with Crippen LogP contribution in [0, 0.1) is 6.92 Å². The molecular weight excluding hydrogens is 282 g/mol. The van der Waals surface area contributed by atoms with E-state index in [1.165, 1.54) is 5.56 Å². The van der Waals surface area contributed by atoms with E-state index >= 15 is 0 Å². The van der Waals surface area contributed by atoms with Crippen molar-refractivity contribution in [2.24, 2.45) is 5.10 Å². The van der Waals surface area contributed by atoms with Crippen molar-refractivity contribution < 1.29 is 0 Å². The molecule has 0 aliphatic carbocycles. The fourth-order valence-electron chi connectivity index (χ4n) is 1.93. The first-order valence-corrected chi connectivity index (χ1v) is 7.43. The lowest BCUT2D eigenvalue weighted by Gasteiger charge is -2.03. The van der Waals surface area contributed by atoms with Crippen LogP contribution < -0.4 is 5.43 Å². The minimum absolute atomic E-state index is 0.804. The highest BCUT2D eigenvalue weighted by atomic mass is 32.1. The van der Waals surface area contributed by atoms with Gasteiger partial charge in [-0.15, -0.1) is 11.3 Å². The number of hydrogen-bond donors (Lipinski definition) is 1. The minimum atomic E-state index is 0.804. The van der Waals surface area contributed by atoms with Crippen LogP contribution in [0.5, 0.6) is 0 Å². The van der Waals surface area contributed by atoms with E-state index in [1.807, 2.05) is 41.5 Å². The zero-order chi connectivity index (χ0) is 14.5. The van der Waals surface area contributed by atoms with Crippen LogP contribution in [0.3, 0.4) is 0 Å². The van der Waals surface area contributed by atoms with Crippen LogP contribution in [0.4, 0.5) is 5.13 Å². The van der Waals surface area contributed by atoms with Gasteiger partial charge in [0, 0.05) is 24.3 Å². The van der Waals surface area contributed by atoms with Crippen molar-refractivity contribution in [2.45, 2.75) is 13.5 Å². The quantitative estimate of drug-likeness (QED) is 0.581. The van der Waals surface area contributed by atoms with Gasteiger partial charge >= 0.3 is 0 Å². The standard InChI is InChI=1S/C15H15N5S/c1-12-10-21-15(18-12)19-17-8-13-3-2-4-14(7-13)9-20-6-5-16-11-20/h2-8,10-11H,9H2,1H3,(H,18,19). The van der Waals surface area contributed by atoms with Crippen molar-refractivity contribution in [1.29, 1.82) is 0 Å². The highest BCUT2D eigenvalue weighted by Gasteiger charge is 1.97. The first kappa shape index (κ1) is 13.5. The van der Waals surface area contributed by atoms with Crippen molar-refractivity contribution in [3.8, 4) is 0 Å². The molecule has 0 fully saturated rings. The molecule has 0 unspecified atom stereocenters. The van der Waals surface area contributed by atoms with Crippen LogP contribution in [0.25, 0.3) is 0 Å². The fraction of sp³-hybridized carbons (Fsp3) is 0.133. The maximum Gasteiger partial charge on any atom is 0.203 e. The lowest BCUT2D eigenvalue weighted by molar-refractivity contribution is 0.797. The lowest BCUT2D eigenvalue weighted by Crippen LogP contribution is -1.97. The van der Waals surface area contributed by atoms with Gasteiger partial charge in [-0.2, -0.15) is 5.10 Å². The minimum Gasteiger partial charge on any atom is -0.333 e. The Labute approximate surface area is 127 Å². The maximum atomic E-state index is 4.29. The largest absolute Gasteiger partial charge is 0.333 e. The summed E-state index contributed by atoms with van der Waals surface area (Å²) in [5.74, 6) is 0. The third kappa shape index (κ3) is 3.76. The van der Waals surface area contributed by atoms with Gasteiger partial charge in [-0.3, -0.25) is 5.43 Å². The molecule has 0 bridgehead atoms. The Kier molecular flexibility index (Phi) is 4.07. The van der Waals surface area contributed by atoms with Crippen molar-refractivity contribution in [3.63, 3.8) is 0 Å². The molecular formula is C15H15N5S. The van der Waals surface area contributed by atoms with Gasteiger partial charge in [0.2, 0.25) is 5.13 Å². The van der Waals surface area contributed by atoms with Crippen LogP contribution in [0.1, 0.15) is 16.8 Å². The number of imidazole rings is 1. The summed E-state index contributed by atoms with van der Waals surface area (Å²) in [6.07, 6.45) is 7.35. The third-order valence-electron chi connectivity index (χ3n) is 2.87. The Bertz CT molecular complexity index is 730. The van der Waals surface area contributed by atoms with E-state index in [0.717, 1.165) is 22.9 Å². The number of anilines is 1. The molecule has 0 radical (unpaired) electrons. The molecule has 0 atom stereocenters. The lowest BCUT2D eigenvalue weighted by atomic mass is 10.1. The van der Waals surface area contributed by atoms with Gasteiger partial charge in [0.25, 0.3) is 0 Å². The molecule has 0 amide bonds. The summed E-state index contributed by atoms with van der Waals surface area (Å²) in [4.78, 5) is 8.34. The SMILES string of the molecule is Cc1csc(NN=Cc2cccc(Cn3ccnc3)c2)n1. The topological polar surface area (TPSA) is 55.1 Å². The molecule has 0 saturated carbocycles. The Morgan fingerprint density at radius 1 is 1.43 bits per heavy atom. The Hall–Kier alpha value is -2.47. The number of aromatic nitrogens is 3. The van der Waals surface area contributed by atoms with Crippen LogP contribution in [-0.4, -0.2) is 20.7 Å². The molecule has 1 N–H and O–H groups in total. The predicted molar refractivity (Wildman–Crippen MR) is 85.8 cm³/mol. The summed E-state index contributed by atoms with van der Waals surface area (Å²) < 4.78 is 2.03. The number of benzene rings is 1. The number of hydrazone groups is 1. The van der Waals surface area contributed by atoms with Gasteiger partial charge in [0.15, 0.2) is 0 Å². The smallest absolute Gasteiger partial charge is 0.203 e. The predicted octanol–water partition coefficient (Wildman–Crippen LogP) is 3.14. The Morgan fingerprint density at radius 3 is 3.14 bits per heavy atom. The average Bonchev–Trinajstić information content (AvgIpc) is 3.11. The number of aryl methyl sites for hydroxylation is 1. The van der Waals surface area contributed by atoms with Gasteiger partial charge in [-0.25, -0.2) is 9.97 Å². The normalized spacial score (nSPS) is 11.1. The van der Waals surface area contributed by atoms with Crippen LogP contribution >= 0.6 is 11.3 Å². The zero-order valence-electron chi connectivity index (χ0n) is 11.6. The molecule has 106 valence electrons. The maximum absolute atomic E-state index is 4.29. The van der Waals surface area contributed by atoms with Gasteiger partial charge in [-0.05, 0) is 24.1 Å². The van der Waals surface area contributed by atoms with E-state index in [4.69, 9.17) is 0 Å². The molecule has 0 aliphatic heterocycles. The van der Waals surface area contributed by atoms with Gasteiger partial charge in [0.1, 0.15) is 0 Å². The molecule has 0 saturated heterocycles. The molecule has 5 nitrogen and oxygen atoms in total. The second kappa shape index (κ2) is 6.32. The molecule has 6 heteroatoms. The molecule has 3 aromatic rings. The van der Waals surface area contributed by atoms with Crippen molar-refractivity contribution in [3.05, 3.63) is 65.2 Å².